The molecule has 0 atom stereocenters. The van der Waals surface area contributed by atoms with Crippen LogP contribution in [-0.2, 0) is 9.47 Å². The van der Waals surface area contributed by atoms with E-state index < -0.39 is 0 Å². The fourth-order valence-electron chi connectivity index (χ4n) is 0.928. The number of aromatic nitrogens is 2. The van der Waals surface area contributed by atoms with Gasteiger partial charge in [-0.3, -0.25) is 5.10 Å². The Morgan fingerprint density at radius 3 is 2.50 bits per heavy atom. The fourth-order valence-corrected chi connectivity index (χ4v) is 0.928. The van der Waals surface area contributed by atoms with Gasteiger partial charge in [0, 0.05) is 19.4 Å². The van der Waals surface area contributed by atoms with Crippen molar-refractivity contribution in [1.82, 2.24) is 10.2 Å². The first-order chi connectivity index (χ1) is 5.88. The molecule has 0 spiro atoms. The van der Waals surface area contributed by atoms with Gasteiger partial charge in [0.25, 0.3) is 0 Å². The second-order valence-corrected chi connectivity index (χ2v) is 2.25. The van der Waals surface area contributed by atoms with Crippen LogP contribution in [0.25, 0.3) is 0 Å². The van der Waals surface area contributed by atoms with E-state index in [1.54, 1.807) is 6.20 Å². The molecule has 0 aliphatic heterocycles. The molecule has 1 aromatic heterocycles. The molecule has 1 heterocycles. The Kier molecular flexibility index (Phi) is 3.76. The highest BCUT2D eigenvalue weighted by Crippen LogP contribution is 2.15. The molecule has 0 bridgehead atoms. The fraction of sp³-hybridized carbons (Fsp3) is 0.625. The van der Waals surface area contributed by atoms with E-state index in [0.717, 1.165) is 5.69 Å². The van der Waals surface area contributed by atoms with Crippen molar-refractivity contribution in [3.8, 4) is 0 Å². The quantitative estimate of drug-likeness (QED) is 0.681. The molecule has 0 saturated carbocycles. The number of rotatable bonds is 5. The summed E-state index contributed by atoms with van der Waals surface area (Å²) in [7, 11) is 0. The van der Waals surface area contributed by atoms with Crippen molar-refractivity contribution in [2.45, 2.75) is 20.1 Å². The molecule has 1 rings (SSSR count). The molecule has 0 aromatic carbocycles. The van der Waals surface area contributed by atoms with Crippen molar-refractivity contribution in [3.05, 3.63) is 18.0 Å². The first kappa shape index (κ1) is 9.22. The van der Waals surface area contributed by atoms with Gasteiger partial charge < -0.3 is 9.47 Å². The van der Waals surface area contributed by atoms with Crippen molar-refractivity contribution in [2.75, 3.05) is 13.2 Å². The van der Waals surface area contributed by atoms with Gasteiger partial charge in [-0.15, -0.1) is 0 Å². The third-order valence-corrected chi connectivity index (χ3v) is 1.41. The van der Waals surface area contributed by atoms with E-state index in [9.17, 15) is 0 Å². The molecule has 68 valence electrons. The van der Waals surface area contributed by atoms with Gasteiger partial charge in [0.15, 0.2) is 6.29 Å². The van der Waals surface area contributed by atoms with Crippen molar-refractivity contribution in [3.63, 3.8) is 0 Å². The summed E-state index contributed by atoms with van der Waals surface area (Å²) < 4.78 is 10.7. The maximum Gasteiger partial charge on any atom is 0.200 e. The molecule has 0 aliphatic rings. The molecular weight excluding hydrogens is 156 g/mol. The highest BCUT2D eigenvalue weighted by atomic mass is 16.7. The minimum Gasteiger partial charge on any atom is -0.347 e. The van der Waals surface area contributed by atoms with E-state index in [1.165, 1.54) is 0 Å². The van der Waals surface area contributed by atoms with Crippen molar-refractivity contribution in [2.24, 2.45) is 0 Å². The molecule has 12 heavy (non-hydrogen) atoms. The predicted octanol–water partition coefficient (Wildman–Crippen LogP) is 1.48. The van der Waals surface area contributed by atoms with E-state index in [0.29, 0.717) is 13.2 Å². The van der Waals surface area contributed by atoms with E-state index in [1.807, 2.05) is 19.9 Å². The Morgan fingerprint density at radius 2 is 2.08 bits per heavy atom. The third kappa shape index (κ3) is 2.32. The maximum absolute atomic E-state index is 5.33. The molecule has 4 heteroatoms. The zero-order valence-electron chi connectivity index (χ0n) is 7.41. The number of H-pyrrole nitrogens is 1. The Labute approximate surface area is 71.9 Å². The summed E-state index contributed by atoms with van der Waals surface area (Å²) in [4.78, 5) is 0. The van der Waals surface area contributed by atoms with E-state index in [4.69, 9.17) is 9.47 Å². The van der Waals surface area contributed by atoms with Gasteiger partial charge in [0.2, 0.25) is 0 Å². The molecule has 0 saturated heterocycles. The molecule has 0 aliphatic carbocycles. The van der Waals surface area contributed by atoms with Crippen LogP contribution in [0.15, 0.2) is 12.3 Å². The zero-order chi connectivity index (χ0) is 8.81. The lowest BCUT2D eigenvalue weighted by Crippen LogP contribution is -2.09. The maximum atomic E-state index is 5.33. The predicted molar refractivity (Wildman–Crippen MR) is 44.6 cm³/mol. The summed E-state index contributed by atoms with van der Waals surface area (Å²) >= 11 is 0. The molecule has 0 amide bonds. The Bertz CT molecular complexity index is 193. The third-order valence-electron chi connectivity index (χ3n) is 1.41. The molecule has 4 nitrogen and oxygen atoms in total. The Hall–Kier alpha value is -0.870. The van der Waals surface area contributed by atoms with E-state index in [2.05, 4.69) is 10.2 Å². The van der Waals surface area contributed by atoms with Crippen molar-refractivity contribution >= 4 is 0 Å². The summed E-state index contributed by atoms with van der Waals surface area (Å²) in [5, 5.41) is 6.63. The number of hydrogen-bond donors (Lipinski definition) is 1. The van der Waals surface area contributed by atoms with Crippen LogP contribution in [0.3, 0.4) is 0 Å². The normalized spacial score (nSPS) is 10.9. The first-order valence-corrected chi connectivity index (χ1v) is 4.11. The standard InChI is InChI=1S/C8H14N2O2/c1-3-11-8(12-4-2)7-5-6-9-10-7/h5-6,8H,3-4H2,1-2H3,(H,9,10). The minimum atomic E-state index is -0.303. The van der Waals surface area contributed by atoms with Crippen LogP contribution >= 0.6 is 0 Å². The first-order valence-electron chi connectivity index (χ1n) is 4.11. The van der Waals surface area contributed by atoms with Gasteiger partial charge >= 0.3 is 0 Å². The number of hydrogen-bond acceptors (Lipinski definition) is 3. The molecule has 1 N–H and O–H groups in total. The Morgan fingerprint density at radius 1 is 1.42 bits per heavy atom. The van der Waals surface area contributed by atoms with Gasteiger partial charge in [-0.25, -0.2) is 0 Å². The number of nitrogens with one attached hydrogen (secondary N) is 1. The lowest BCUT2D eigenvalue weighted by atomic mass is 10.4. The van der Waals surface area contributed by atoms with Gasteiger partial charge in [-0.2, -0.15) is 5.10 Å². The summed E-state index contributed by atoms with van der Waals surface area (Å²) in [5.74, 6) is 0. The zero-order valence-corrected chi connectivity index (χ0v) is 7.41. The summed E-state index contributed by atoms with van der Waals surface area (Å²) in [6, 6.07) is 1.84. The molecule has 0 unspecified atom stereocenters. The summed E-state index contributed by atoms with van der Waals surface area (Å²) in [6.07, 6.45) is 1.38. The SMILES string of the molecule is CCOC(OCC)c1ccn[nH]1. The lowest BCUT2D eigenvalue weighted by Gasteiger charge is -2.14. The second-order valence-electron chi connectivity index (χ2n) is 2.25. The molecule has 0 radical (unpaired) electrons. The van der Waals surface area contributed by atoms with Crippen LogP contribution in [0.5, 0.6) is 0 Å². The topological polar surface area (TPSA) is 47.1 Å². The Balaban J connectivity index is 2.53. The highest BCUT2D eigenvalue weighted by Gasteiger charge is 2.11. The minimum absolute atomic E-state index is 0.303. The molecule has 1 aromatic rings. The number of nitrogens with zero attached hydrogens (tertiary/aromatic N) is 1. The van der Waals surface area contributed by atoms with Crippen LogP contribution in [0, 0.1) is 0 Å². The van der Waals surface area contributed by atoms with E-state index in [-0.39, 0.29) is 6.29 Å². The van der Waals surface area contributed by atoms with E-state index >= 15 is 0 Å². The second kappa shape index (κ2) is 4.90. The molecular formula is C8H14N2O2. The lowest BCUT2D eigenvalue weighted by molar-refractivity contribution is -0.142. The number of aromatic amines is 1. The summed E-state index contributed by atoms with van der Waals surface area (Å²) in [6.45, 7) is 5.12. The van der Waals surface area contributed by atoms with Gasteiger partial charge in [0.05, 0.1) is 5.69 Å². The molecule has 0 fully saturated rings. The van der Waals surface area contributed by atoms with Crippen LogP contribution in [0.2, 0.25) is 0 Å². The monoisotopic (exact) mass is 170 g/mol. The highest BCUT2D eigenvalue weighted by molar-refractivity contribution is 4.98. The van der Waals surface area contributed by atoms with Crippen LogP contribution in [-0.4, -0.2) is 23.4 Å². The van der Waals surface area contributed by atoms with Gasteiger partial charge in [-0.05, 0) is 19.9 Å². The van der Waals surface area contributed by atoms with Crippen LogP contribution < -0.4 is 0 Å². The van der Waals surface area contributed by atoms with Gasteiger partial charge in [0.1, 0.15) is 0 Å². The van der Waals surface area contributed by atoms with Crippen molar-refractivity contribution < 1.29 is 9.47 Å². The van der Waals surface area contributed by atoms with Crippen molar-refractivity contribution in [1.29, 1.82) is 0 Å². The van der Waals surface area contributed by atoms with Crippen LogP contribution in [0.1, 0.15) is 25.8 Å². The summed E-state index contributed by atoms with van der Waals surface area (Å²) in [5.41, 5.74) is 0.860. The van der Waals surface area contributed by atoms with Crippen LogP contribution in [0.4, 0.5) is 0 Å². The number of ether oxygens (including phenoxy) is 2. The average molecular weight is 170 g/mol. The smallest absolute Gasteiger partial charge is 0.200 e. The van der Waals surface area contributed by atoms with Gasteiger partial charge in [-0.1, -0.05) is 0 Å². The largest absolute Gasteiger partial charge is 0.347 e. The average Bonchev–Trinajstić information content (AvgIpc) is 2.56.